The third-order valence-electron chi connectivity index (χ3n) is 4.60. The number of nitrogens with zero attached hydrogens (tertiary/aromatic N) is 3. The van der Waals surface area contributed by atoms with Gasteiger partial charge in [0.05, 0.1) is 23.9 Å². The fraction of sp³-hybridized carbons (Fsp3) is 0.350. The minimum atomic E-state index is -0.447. The van der Waals surface area contributed by atoms with Crippen molar-refractivity contribution in [2.24, 2.45) is 0 Å². The lowest BCUT2D eigenvalue weighted by molar-refractivity contribution is -0.0172. The van der Waals surface area contributed by atoms with Crippen molar-refractivity contribution in [1.82, 2.24) is 10.2 Å². The van der Waals surface area contributed by atoms with Crippen molar-refractivity contribution in [3.05, 3.63) is 52.3 Å². The molecule has 2 aromatic heterocycles. The van der Waals surface area contributed by atoms with Gasteiger partial charge < -0.3 is 14.4 Å². The van der Waals surface area contributed by atoms with Crippen LogP contribution < -0.4 is 4.90 Å². The molecule has 3 heterocycles. The van der Waals surface area contributed by atoms with E-state index in [1.54, 1.807) is 18.3 Å². The number of ether oxygens (including phenoxy) is 2. The molecule has 0 amide bonds. The van der Waals surface area contributed by atoms with Crippen LogP contribution >= 0.6 is 11.3 Å². The zero-order valence-corrected chi connectivity index (χ0v) is 16.1. The second-order valence-corrected chi connectivity index (χ2v) is 7.31. The molecule has 1 aromatic carbocycles. The van der Waals surface area contributed by atoms with Gasteiger partial charge >= 0.3 is 5.97 Å². The standard InChI is InChI=1S/C20H21N3O3S/c1-3-25-20(24)18-19(15-6-4-5-7-16(15)21-22-18)23-10-13(2)26-17(11-23)14-8-9-27-12-14/h4-9,12-13,17H,3,10-11H2,1-2H3. The third kappa shape index (κ3) is 3.52. The number of aromatic nitrogens is 2. The Bertz CT molecular complexity index is 945. The highest BCUT2D eigenvalue weighted by Crippen LogP contribution is 2.35. The first-order chi connectivity index (χ1) is 13.2. The van der Waals surface area contributed by atoms with E-state index >= 15 is 0 Å². The zero-order valence-electron chi connectivity index (χ0n) is 15.3. The van der Waals surface area contributed by atoms with E-state index in [0.29, 0.717) is 19.7 Å². The van der Waals surface area contributed by atoms with Gasteiger partial charge in [-0.1, -0.05) is 18.2 Å². The van der Waals surface area contributed by atoms with E-state index in [-0.39, 0.29) is 17.9 Å². The van der Waals surface area contributed by atoms with Crippen molar-refractivity contribution in [3.8, 4) is 0 Å². The predicted octanol–water partition coefficient (Wildman–Crippen LogP) is 3.83. The molecule has 27 heavy (non-hydrogen) atoms. The zero-order chi connectivity index (χ0) is 18.8. The summed E-state index contributed by atoms with van der Waals surface area (Å²) in [6.07, 6.45) is -0.0346. The summed E-state index contributed by atoms with van der Waals surface area (Å²) in [5.41, 5.74) is 2.94. The summed E-state index contributed by atoms with van der Waals surface area (Å²) in [5.74, 6) is -0.447. The highest BCUT2D eigenvalue weighted by molar-refractivity contribution is 7.07. The van der Waals surface area contributed by atoms with Crippen LogP contribution in [0.2, 0.25) is 0 Å². The smallest absolute Gasteiger partial charge is 0.361 e. The Morgan fingerprint density at radius 3 is 2.93 bits per heavy atom. The van der Waals surface area contributed by atoms with Crippen LogP contribution in [-0.2, 0) is 9.47 Å². The maximum absolute atomic E-state index is 12.6. The fourth-order valence-corrected chi connectivity index (χ4v) is 4.17. The molecule has 7 heteroatoms. The number of esters is 1. The first kappa shape index (κ1) is 17.9. The van der Waals surface area contributed by atoms with Gasteiger partial charge in [-0.25, -0.2) is 4.79 Å². The summed E-state index contributed by atoms with van der Waals surface area (Å²) >= 11 is 1.65. The molecule has 0 bridgehead atoms. The van der Waals surface area contributed by atoms with Gasteiger partial charge in [-0.15, -0.1) is 10.2 Å². The summed E-state index contributed by atoms with van der Waals surface area (Å²) in [5, 5.41) is 13.5. The lowest BCUT2D eigenvalue weighted by atomic mass is 10.1. The maximum atomic E-state index is 12.6. The second-order valence-electron chi connectivity index (χ2n) is 6.53. The van der Waals surface area contributed by atoms with Crippen LogP contribution in [0.4, 0.5) is 5.69 Å². The molecule has 0 spiro atoms. The number of hydrogen-bond acceptors (Lipinski definition) is 7. The molecule has 3 aromatic rings. The van der Waals surface area contributed by atoms with Crippen LogP contribution in [0.15, 0.2) is 41.1 Å². The SMILES string of the molecule is CCOC(=O)c1nnc2ccccc2c1N1CC(C)OC(c2ccsc2)C1. The molecule has 0 N–H and O–H groups in total. The van der Waals surface area contributed by atoms with Crippen molar-refractivity contribution in [2.45, 2.75) is 26.1 Å². The molecule has 0 saturated carbocycles. The molecule has 4 rings (SSSR count). The van der Waals surface area contributed by atoms with Crippen molar-refractivity contribution < 1.29 is 14.3 Å². The minimum absolute atomic E-state index is 0.0191. The lowest BCUT2D eigenvalue weighted by Crippen LogP contribution is -2.43. The highest BCUT2D eigenvalue weighted by atomic mass is 32.1. The largest absolute Gasteiger partial charge is 0.461 e. The summed E-state index contributed by atoms with van der Waals surface area (Å²) in [6.45, 7) is 5.44. The van der Waals surface area contributed by atoms with Gasteiger partial charge in [-0.3, -0.25) is 0 Å². The quantitative estimate of drug-likeness (QED) is 0.638. The molecule has 1 aliphatic rings. The van der Waals surface area contributed by atoms with E-state index < -0.39 is 5.97 Å². The van der Waals surface area contributed by atoms with Crippen molar-refractivity contribution in [3.63, 3.8) is 0 Å². The van der Waals surface area contributed by atoms with E-state index in [0.717, 1.165) is 22.2 Å². The number of thiophene rings is 1. The number of hydrogen-bond donors (Lipinski definition) is 0. The Morgan fingerprint density at radius 2 is 2.15 bits per heavy atom. The van der Waals surface area contributed by atoms with Gasteiger partial charge in [0.25, 0.3) is 0 Å². The Hall–Kier alpha value is -2.51. The van der Waals surface area contributed by atoms with Gasteiger partial charge in [0.15, 0.2) is 5.69 Å². The third-order valence-corrected chi connectivity index (χ3v) is 5.30. The molecular formula is C20H21N3O3S. The van der Waals surface area contributed by atoms with Crippen LogP contribution in [0.3, 0.4) is 0 Å². The van der Waals surface area contributed by atoms with Gasteiger partial charge in [0.1, 0.15) is 6.10 Å². The Kier molecular flexibility index (Phi) is 5.05. The molecule has 140 valence electrons. The summed E-state index contributed by atoms with van der Waals surface area (Å²) in [4.78, 5) is 14.7. The molecule has 0 radical (unpaired) electrons. The number of carbonyl (C=O) groups is 1. The summed E-state index contributed by atoms with van der Waals surface area (Å²) in [7, 11) is 0. The topological polar surface area (TPSA) is 64.5 Å². The minimum Gasteiger partial charge on any atom is -0.461 e. The number of anilines is 1. The van der Waals surface area contributed by atoms with Gasteiger partial charge in [0.2, 0.25) is 0 Å². The molecule has 1 fully saturated rings. The predicted molar refractivity (Wildman–Crippen MR) is 105 cm³/mol. The first-order valence-electron chi connectivity index (χ1n) is 9.02. The Labute approximate surface area is 161 Å². The average Bonchev–Trinajstić information content (AvgIpc) is 3.21. The summed E-state index contributed by atoms with van der Waals surface area (Å²) in [6, 6.07) is 9.83. The normalized spacial score (nSPS) is 20.0. The molecule has 2 unspecified atom stereocenters. The van der Waals surface area contributed by atoms with Crippen molar-refractivity contribution in [2.75, 3.05) is 24.6 Å². The molecular weight excluding hydrogens is 362 g/mol. The number of benzene rings is 1. The molecule has 6 nitrogen and oxygen atoms in total. The van der Waals surface area contributed by atoms with Crippen LogP contribution in [0.25, 0.3) is 10.9 Å². The van der Waals surface area contributed by atoms with Crippen molar-refractivity contribution in [1.29, 1.82) is 0 Å². The fourth-order valence-electron chi connectivity index (χ4n) is 3.47. The molecule has 2 atom stereocenters. The average molecular weight is 383 g/mol. The van der Waals surface area contributed by atoms with Crippen LogP contribution in [-0.4, -0.2) is 42.0 Å². The van der Waals surface area contributed by atoms with Gasteiger partial charge in [-0.2, -0.15) is 11.3 Å². The van der Waals surface area contributed by atoms with E-state index in [1.807, 2.05) is 31.2 Å². The number of rotatable bonds is 4. The Morgan fingerprint density at radius 1 is 1.30 bits per heavy atom. The van der Waals surface area contributed by atoms with Crippen molar-refractivity contribution >= 4 is 33.9 Å². The van der Waals surface area contributed by atoms with E-state index in [9.17, 15) is 4.79 Å². The van der Waals surface area contributed by atoms with Crippen LogP contribution in [0.1, 0.15) is 36.0 Å². The molecule has 1 saturated heterocycles. The molecule has 0 aliphatic carbocycles. The Balaban J connectivity index is 1.80. The first-order valence-corrected chi connectivity index (χ1v) is 9.96. The molecule has 1 aliphatic heterocycles. The van der Waals surface area contributed by atoms with E-state index in [1.165, 1.54) is 0 Å². The monoisotopic (exact) mass is 383 g/mol. The van der Waals surface area contributed by atoms with Crippen LogP contribution in [0.5, 0.6) is 0 Å². The van der Waals surface area contributed by atoms with Crippen LogP contribution in [0, 0.1) is 0 Å². The second kappa shape index (κ2) is 7.62. The number of morpholine rings is 1. The van der Waals surface area contributed by atoms with E-state index in [4.69, 9.17) is 9.47 Å². The lowest BCUT2D eigenvalue weighted by Gasteiger charge is -2.38. The highest BCUT2D eigenvalue weighted by Gasteiger charge is 2.31. The van der Waals surface area contributed by atoms with Gasteiger partial charge in [0, 0.05) is 18.5 Å². The number of carbonyl (C=O) groups excluding carboxylic acids is 1. The van der Waals surface area contributed by atoms with Gasteiger partial charge in [-0.05, 0) is 42.3 Å². The van der Waals surface area contributed by atoms with E-state index in [2.05, 4.69) is 31.9 Å². The number of fused-ring (bicyclic) bond motifs is 1. The summed E-state index contributed by atoms with van der Waals surface area (Å²) < 4.78 is 11.4. The maximum Gasteiger partial charge on any atom is 0.361 e.